The molecule has 1 aromatic carbocycles. The monoisotopic (exact) mass is 346 g/mol. The van der Waals surface area contributed by atoms with Gasteiger partial charge in [0.25, 0.3) is 0 Å². The molecule has 0 aliphatic carbocycles. The number of carbonyl (C=O) groups is 2. The van der Waals surface area contributed by atoms with Gasteiger partial charge < -0.3 is 15.0 Å². The van der Waals surface area contributed by atoms with Crippen LogP contribution < -0.4 is 10.1 Å². The molecule has 25 heavy (non-hydrogen) atoms. The molecule has 5 nitrogen and oxygen atoms in total. The zero-order valence-electron chi connectivity index (χ0n) is 16.0. The van der Waals surface area contributed by atoms with Crippen LogP contribution in [0.25, 0.3) is 0 Å². The van der Waals surface area contributed by atoms with E-state index in [9.17, 15) is 9.59 Å². The number of hydrogen-bond donors (Lipinski definition) is 1. The molecule has 1 aliphatic rings. The number of piperidine rings is 1. The van der Waals surface area contributed by atoms with Crippen molar-refractivity contribution in [3.63, 3.8) is 0 Å². The third-order valence-electron chi connectivity index (χ3n) is 4.53. The first-order valence-corrected chi connectivity index (χ1v) is 9.07. The topological polar surface area (TPSA) is 58.6 Å². The van der Waals surface area contributed by atoms with Gasteiger partial charge in [0.15, 0.2) is 0 Å². The molecule has 0 aromatic heterocycles. The maximum atomic E-state index is 12.8. The largest absolute Gasteiger partial charge is 0.491 e. The fourth-order valence-electron chi connectivity index (χ4n) is 3.04. The molecule has 138 valence electrons. The molecule has 1 fully saturated rings. The number of benzene rings is 1. The Morgan fingerprint density at radius 3 is 2.44 bits per heavy atom. The predicted octanol–water partition coefficient (Wildman–Crippen LogP) is 3.70. The van der Waals surface area contributed by atoms with E-state index in [4.69, 9.17) is 4.74 Å². The summed E-state index contributed by atoms with van der Waals surface area (Å²) in [6, 6.07) is 7.21. The van der Waals surface area contributed by atoms with E-state index in [0.29, 0.717) is 11.6 Å². The second kappa shape index (κ2) is 7.89. The van der Waals surface area contributed by atoms with Gasteiger partial charge in [-0.2, -0.15) is 0 Å². The molecule has 2 rings (SSSR count). The first-order valence-electron chi connectivity index (χ1n) is 9.07. The summed E-state index contributed by atoms with van der Waals surface area (Å²) in [4.78, 5) is 27.3. The number of nitrogens with one attached hydrogen (secondary N) is 1. The van der Waals surface area contributed by atoms with Crippen LogP contribution in [0.4, 0.5) is 5.69 Å². The fraction of sp³-hybridized carbons (Fsp3) is 0.600. The summed E-state index contributed by atoms with van der Waals surface area (Å²) in [5, 5.41) is 2.85. The molecule has 1 unspecified atom stereocenters. The molecule has 1 heterocycles. The molecular weight excluding hydrogens is 316 g/mol. The number of nitrogens with zero attached hydrogens (tertiary/aromatic N) is 1. The highest BCUT2D eigenvalue weighted by molar-refractivity contribution is 6.09. The summed E-state index contributed by atoms with van der Waals surface area (Å²) < 4.78 is 5.60. The van der Waals surface area contributed by atoms with E-state index in [0.717, 1.165) is 31.7 Å². The van der Waals surface area contributed by atoms with Gasteiger partial charge in [0, 0.05) is 18.8 Å². The lowest BCUT2D eigenvalue weighted by atomic mass is 9.88. The van der Waals surface area contributed by atoms with E-state index in [1.54, 1.807) is 26.0 Å². The molecule has 0 saturated carbocycles. The molecular formula is C20H30N2O3. The van der Waals surface area contributed by atoms with Crippen molar-refractivity contribution in [1.82, 2.24) is 4.90 Å². The smallest absolute Gasteiger partial charge is 0.239 e. The number of ether oxygens (including phenoxy) is 1. The molecule has 1 saturated heterocycles. The number of anilines is 1. The summed E-state index contributed by atoms with van der Waals surface area (Å²) in [7, 11) is 0. The van der Waals surface area contributed by atoms with Gasteiger partial charge in [-0.05, 0) is 70.7 Å². The van der Waals surface area contributed by atoms with Crippen molar-refractivity contribution in [3.05, 3.63) is 24.3 Å². The van der Waals surface area contributed by atoms with Gasteiger partial charge >= 0.3 is 0 Å². The van der Waals surface area contributed by atoms with Crippen LogP contribution in [-0.2, 0) is 9.59 Å². The second-order valence-electron chi connectivity index (χ2n) is 7.77. The van der Waals surface area contributed by atoms with E-state index in [2.05, 4.69) is 12.2 Å². The highest BCUT2D eigenvalue weighted by Crippen LogP contribution is 2.26. The lowest BCUT2D eigenvalue weighted by molar-refractivity contribution is -0.147. The van der Waals surface area contributed by atoms with Crippen molar-refractivity contribution >= 4 is 17.5 Å². The number of rotatable bonds is 5. The Hall–Kier alpha value is -2.04. The molecule has 0 radical (unpaired) electrons. The molecule has 1 aliphatic heterocycles. The fourth-order valence-corrected chi connectivity index (χ4v) is 3.04. The Labute approximate surface area is 150 Å². The standard InChI is InChI=1S/C20H30N2O3/c1-14(2)25-17-10-8-16(9-11-17)21-18(23)20(4,5)19(24)22-12-6-7-15(3)13-22/h8-11,14-15H,6-7,12-13H2,1-5H3,(H,21,23). The van der Waals surface area contributed by atoms with E-state index >= 15 is 0 Å². The van der Waals surface area contributed by atoms with Crippen LogP contribution in [-0.4, -0.2) is 35.9 Å². The molecule has 0 spiro atoms. The lowest BCUT2D eigenvalue weighted by Crippen LogP contribution is -2.50. The van der Waals surface area contributed by atoms with Gasteiger partial charge in [-0.1, -0.05) is 6.92 Å². The van der Waals surface area contributed by atoms with Gasteiger partial charge in [-0.25, -0.2) is 0 Å². The van der Waals surface area contributed by atoms with Crippen molar-refractivity contribution in [2.24, 2.45) is 11.3 Å². The van der Waals surface area contributed by atoms with Gasteiger partial charge in [-0.3, -0.25) is 9.59 Å². The van der Waals surface area contributed by atoms with Crippen molar-refractivity contribution in [1.29, 1.82) is 0 Å². The van der Waals surface area contributed by atoms with Crippen molar-refractivity contribution in [3.8, 4) is 5.75 Å². The average Bonchev–Trinajstić information content (AvgIpc) is 2.55. The third kappa shape index (κ3) is 4.97. The maximum Gasteiger partial charge on any atom is 0.239 e. The zero-order valence-corrected chi connectivity index (χ0v) is 16.0. The van der Waals surface area contributed by atoms with Crippen LogP contribution in [0.3, 0.4) is 0 Å². The normalized spacial score (nSPS) is 18.2. The summed E-state index contributed by atoms with van der Waals surface area (Å²) in [5.74, 6) is 0.861. The molecule has 1 N–H and O–H groups in total. The van der Waals surface area contributed by atoms with Gasteiger partial charge in [-0.15, -0.1) is 0 Å². The third-order valence-corrected chi connectivity index (χ3v) is 4.53. The quantitative estimate of drug-likeness (QED) is 0.827. The van der Waals surface area contributed by atoms with Crippen LogP contribution in [0, 0.1) is 11.3 Å². The molecule has 1 aromatic rings. The minimum Gasteiger partial charge on any atom is -0.491 e. The summed E-state index contributed by atoms with van der Waals surface area (Å²) in [6.45, 7) is 10.9. The van der Waals surface area contributed by atoms with Crippen LogP contribution in [0.1, 0.15) is 47.5 Å². The number of hydrogen-bond acceptors (Lipinski definition) is 3. The van der Waals surface area contributed by atoms with Crippen molar-refractivity contribution < 1.29 is 14.3 Å². The minimum atomic E-state index is -1.09. The first-order chi connectivity index (χ1) is 11.7. The van der Waals surface area contributed by atoms with Crippen LogP contribution in [0.2, 0.25) is 0 Å². The SMILES string of the molecule is CC1CCCN(C(=O)C(C)(C)C(=O)Nc2ccc(OC(C)C)cc2)C1. The number of likely N-dealkylation sites (tertiary alicyclic amines) is 1. The van der Waals surface area contributed by atoms with Gasteiger partial charge in [0.1, 0.15) is 11.2 Å². The molecule has 0 bridgehead atoms. The van der Waals surface area contributed by atoms with Gasteiger partial charge in [0.2, 0.25) is 11.8 Å². The summed E-state index contributed by atoms with van der Waals surface area (Å²) in [6.07, 6.45) is 2.24. The highest BCUT2D eigenvalue weighted by Gasteiger charge is 2.40. The van der Waals surface area contributed by atoms with E-state index in [1.807, 2.05) is 30.9 Å². The maximum absolute atomic E-state index is 12.8. The Morgan fingerprint density at radius 1 is 1.24 bits per heavy atom. The highest BCUT2D eigenvalue weighted by atomic mass is 16.5. The molecule has 5 heteroatoms. The number of amides is 2. The van der Waals surface area contributed by atoms with Crippen molar-refractivity contribution in [2.75, 3.05) is 18.4 Å². The lowest BCUT2D eigenvalue weighted by Gasteiger charge is -2.36. The van der Waals surface area contributed by atoms with Crippen molar-refractivity contribution in [2.45, 2.75) is 53.6 Å². The molecule has 1 atom stereocenters. The van der Waals surface area contributed by atoms with Gasteiger partial charge in [0.05, 0.1) is 6.10 Å². The molecule has 2 amide bonds. The van der Waals surface area contributed by atoms with E-state index in [1.165, 1.54) is 0 Å². The minimum absolute atomic E-state index is 0.101. The zero-order chi connectivity index (χ0) is 18.6. The number of carbonyl (C=O) groups excluding carboxylic acids is 2. The van der Waals surface area contributed by atoms with Crippen LogP contribution in [0.5, 0.6) is 5.75 Å². The van der Waals surface area contributed by atoms with E-state index in [-0.39, 0.29) is 17.9 Å². The average molecular weight is 346 g/mol. The summed E-state index contributed by atoms with van der Waals surface area (Å²) in [5.41, 5.74) is -0.432. The predicted molar refractivity (Wildman–Crippen MR) is 99.6 cm³/mol. The second-order valence-corrected chi connectivity index (χ2v) is 7.77. The van der Waals surface area contributed by atoms with Crippen LogP contribution >= 0.6 is 0 Å². The Kier molecular flexibility index (Phi) is 6.09. The Morgan fingerprint density at radius 2 is 1.88 bits per heavy atom. The Balaban J connectivity index is 2.01. The van der Waals surface area contributed by atoms with E-state index < -0.39 is 5.41 Å². The Bertz CT molecular complexity index is 608. The van der Waals surface area contributed by atoms with Crippen LogP contribution in [0.15, 0.2) is 24.3 Å². The summed E-state index contributed by atoms with van der Waals surface area (Å²) >= 11 is 0. The first kappa shape index (κ1) is 19.3.